The van der Waals surface area contributed by atoms with Gasteiger partial charge in [-0.1, -0.05) is 24.8 Å². The number of halogens is 6. The van der Waals surface area contributed by atoms with Crippen molar-refractivity contribution >= 4 is 11.5 Å². The van der Waals surface area contributed by atoms with Gasteiger partial charge in [-0.25, -0.2) is 0 Å². The van der Waals surface area contributed by atoms with Gasteiger partial charge in [-0.2, -0.15) is 26.3 Å². The molecule has 0 unspecified atom stereocenters. The van der Waals surface area contributed by atoms with Crippen molar-refractivity contribution in [3.63, 3.8) is 0 Å². The van der Waals surface area contributed by atoms with Crippen LogP contribution in [0, 0.1) is 0 Å². The van der Waals surface area contributed by atoms with Crippen molar-refractivity contribution < 1.29 is 45.7 Å². The molecular weight excluding hydrogens is 478 g/mol. The van der Waals surface area contributed by atoms with Crippen molar-refractivity contribution in [1.82, 2.24) is 0 Å². The number of ether oxygens (including phenoxy) is 2. The molecule has 0 saturated carbocycles. The van der Waals surface area contributed by atoms with Gasteiger partial charge >= 0.3 is 18.3 Å². The summed E-state index contributed by atoms with van der Waals surface area (Å²) in [5.74, 6) is -1.27. The molecule has 10 heteroatoms. The standard InChI is InChI=1S/C25H22F6O4/c1-15(16-2-6-19(7-3-16)24(26,27)28)21-10-11-34-13-18(21)14-35-20-8-4-17(5-9-23(32)33)22(12-20)25(29,30)31/h2-4,6-8,12H,1,5,9-11,13-14H2,(H,32,33). The Morgan fingerprint density at radius 3 is 2.31 bits per heavy atom. The minimum atomic E-state index is -4.69. The lowest BCUT2D eigenvalue weighted by molar-refractivity contribution is -0.140. The number of hydrogen-bond donors (Lipinski definition) is 1. The molecule has 0 saturated heterocycles. The van der Waals surface area contributed by atoms with Gasteiger partial charge in [0.1, 0.15) is 12.4 Å². The largest absolute Gasteiger partial charge is 0.489 e. The van der Waals surface area contributed by atoms with Gasteiger partial charge in [-0.15, -0.1) is 0 Å². The van der Waals surface area contributed by atoms with Crippen LogP contribution < -0.4 is 4.74 Å². The van der Waals surface area contributed by atoms with Gasteiger partial charge in [0.25, 0.3) is 0 Å². The van der Waals surface area contributed by atoms with Crippen LogP contribution in [-0.4, -0.2) is 30.9 Å². The highest BCUT2D eigenvalue weighted by Crippen LogP contribution is 2.36. The number of allylic oxidation sites excluding steroid dienone is 1. The molecule has 0 atom stereocenters. The summed E-state index contributed by atoms with van der Waals surface area (Å²) >= 11 is 0. The third-order valence-corrected chi connectivity index (χ3v) is 5.53. The highest BCUT2D eigenvalue weighted by Gasteiger charge is 2.34. The Labute approximate surface area is 197 Å². The maximum Gasteiger partial charge on any atom is 0.416 e. The molecule has 35 heavy (non-hydrogen) atoms. The molecule has 3 rings (SSSR count). The first-order valence-electron chi connectivity index (χ1n) is 10.6. The number of carboxylic acids is 1. The van der Waals surface area contributed by atoms with Crippen LogP contribution in [0.1, 0.15) is 35.1 Å². The highest BCUT2D eigenvalue weighted by atomic mass is 19.4. The first-order chi connectivity index (χ1) is 16.4. The van der Waals surface area contributed by atoms with E-state index in [4.69, 9.17) is 14.6 Å². The van der Waals surface area contributed by atoms with Gasteiger partial charge in [0, 0.05) is 6.42 Å². The quantitative estimate of drug-likeness (QED) is 0.418. The van der Waals surface area contributed by atoms with Gasteiger partial charge in [0.2, 0.25) is 0 Å². The van der Waals surface area contributed by atoms with Crippen molar-refractivity contribution in [1.29, 1.82) is 0 Å². The molecule has 0 aromatic heterocycles. The second kappa shape index (κ2) is 10.6. The summed E-state index contributed by atoms with van der Waals surface area (Å²) in [6.45, 7) is 4.37. The molecule has 0 spiro atoms. The maximum atomic E-state index is 13.5. The number of aryl methyl sites for hydroxylation is 1. The van der Waals surface area contributed by atoms with E-state index in [-0.39, 0.29) is 30.9 Å². The van der Waals surface area contributed by atoms with E-state index in [2.05, 4.69) is 6.58 Å². The molecule has 1 N–H and O–H groups in total. The lowest BCUT2D eigenvalue weighted by Crippen LogP contribution is -2.18. The fraction of sp³-hybridized carbons (Fsp3) is 0.320. The summed E-state index contributed by atoms with van der Waals surface area (Å²) in [6, 6.07) is 7.90. The zero-order valence-electron chi connectivity index (χ0n) is 18.4. The molecular formula is C25H22F6O4. The topological polar surface area (TPSA) is 55.8 Å². The highest BCUT2D eigenvalue weighted by molar-refractivity contribution is 5.78. The van der Waals surface area contributed by atoms with Crippen LogP contribution in [-0.2, 0) is 28.3 Å². The second-order valence-corrected chi connectivity index (χ2v) is 7.94. The Kier molecular flexibility index (Phi) is 7.94. The van der Waals surface area contributed by atoms with E-state index < -0.39 is 35.9 Å². The maximum absolute atomic E-state index is 13.5. The lowest BCUT2D eigenvalue weighted by Gasteiger charge is -2.23. The fourth-order valence-corrected chi connectivity index (χ4v) is 3.70. The van der Waals surface area contributed by atoms with Gasteiger partial charge in [0.15, 0.2) is 0 Å². The molecule has 1 heterocycles. The smallest absolute Gasteiger partial charge is 0.416 e. The van der Waals surface area contributed by atoms with Crippen LogP contribution in [0.15, 0.2) is 60.2 Å². The molecule has 0 aliphatic carbocycles. The minimum Gasteiger partial charge on any atom is -0.489 e. The third-order valence-electron chi connectivity index (χ3n) is 5.53. The molecule has 2 aromatic carbocycles. The number of aliphatic carboxylic acids is 1. The van der Waals surface area contributed by atoms with E-state index in [1.54, 1.807) is 0 Å². The Balaban J connectivity index is 1.81. The minimum absolute atomic E-state index is 0.0611. The van der Waals surface area contributed by atoms with Crippen molar-refractivity contribution in [2.45, 2.75) is 31.6 Å². The summed E-state index contributed by atoms with van der Waals surface area (Å²) in [5.41, 5.74) is 0.388. The normalized spacial score (nSPS) is 14.7. The summed E-state index contributed by atoms with van der Waals surface area (Å²) < 4.78 is 90.0. The van der Waals surface area contributed by atoms with E-state index >= 15 is 0 Å². The summed E-state index contributed by atoms with van der Waals surface area (Å²) in [5, 5.41) is 8.77. The van der Waals surface area contributed by atoms with E-state index in [0.29, 0.717) is 35.3 Å². The number of carboxylic acid groups (broad SMARTS) is 1. The van der Waals surface area contributed by atoms with Crippen LogP contribution in [0.4, 0.5) is 26.3 Å². The monoisotopic (exact) mass is 500 g/mol. The van der Waals surface area contributed by atoms with E-state index in [0.717, 1.165) is 18.2 Å². The Morgan fingerprint density at radius 1 is 1.03 bits per heavy atom. The molecule has 0 amide bonds. The molecule has 0 bridgehead atoms. The Hall–Kier alpha value is -3.27. The molecule has 0 radical (unpaired) electrons. The van der Waals surface area contributed by atoms with Crippen LogP contribution in [0.2, 0.25) is 0 Å². The van der Waals surface area contributed by atoms with Crippen LogP contribution in [0.3, 0.4) is 0 Å². The van der Waals surface area contributed by atoms with E-state index in [9.17, 15) is 31.1 Å². The summed E-state index contributed by atoms with van der Waals surface area (Å²) in [6.07, 6.45) is -9.46. The third kappa shape index (κ3) is 6.88. The molecule has 188 valence electrons. The zero-order chi connectivity index (χ0) is 25.8. The van der Waals surface area contributed by atoms with Gasteiger partial charge in [-0.3, -0.25) is 4.79 Å². The van der Waals surface area contributed by atoms with Crippen LogP contribution in [0.25, 0.3) is 5.57 Å². The van der Waals surface area contributed by atoms with Crippen molar-refractivity contribution in [2.24, 2.45) is 0 Å². The predicted octanol–water partition coefficient (Wildman–Crippen LogP) is 6.55. The predicted molar refractivity (Wildman–Crippen MR) is 116 cm³/mol. The van der Waals surface area contributed by atoms with Crippen molar-refractivity contribution in [2.75, 3.05) is 19.8 Å². The second-order valence-electron chi connectivity index (χ2n) is 7.94. The van der Waals surface area contributed by atoms with Gasteiger partial charge in [0.05, 0.1) is 24.3 Å². The van der Waals surface area contributed by atoms with E-state index in [1.807, 2.05) is 0 Å². The molecule has 2 aromatic rings. The molecule has 1 aliphatic rings. The number of carbonyl (C=O) groups is 1. The summed E-state index contributed by atoms with van der Waals surface area (Å²) in [7, 11) is 0. The molecule has 1 aliphatic heterocycles. The zero-order valence-corrected chi connectivity index (χ0v) is 18.4. The van der Waals surface area contributed by atoms with Crippen LogP contribution >= 0.6 is 0 Å². The number of benzene rings is 2. The number of rotatable bonds is 8. The Bertz CT molecular complexity index is 1110. The molecule has 0 fully saturated rings. The van der Waals surface area contributed by atoms with Crippen molar-refractivity contribution in [3.05, 3.63) is 82.4 Å². The fourth-order valence-electron chi connectivity index (χ4n) is 3.70. The first-order valence-corrected chi connectivity index (χ1v) is 10.6. The average Bonchev–Trinajstić information content (AvgIpc) is 2.80. The molecule has 4 nitrogen and oxygen atoms in total. The lowest BCUT2D eigenvalue weighted by atomic mass is 9.91. The first kappa shape index (κ1) is 26.3. The van der Waals surface area contributed by atoms with Crippen LogP contribution in [0.5, 0.6) is 5.75 Å². The number of hydrogen-bond acceptors (Lipinski definition) is 3. The number of alkyl halides is 6. The summed E-state index contributed by atoms with van der Waals surface area (Å²) in [4.78, 5) is 10.7. The average molecular weight is 500 g/mol. The SMILES string of the molecule is C=C(C1=C(COc2ccc(CCC(=O)O)c(C(F)(F)F)c2)COCC1)c1ccc(C(F)(F)F)cc1. The van der Waals surface area contributed by atoms with Gasteiger partial charge in [-0.05, 0) is 65.0 Å². The Morgan fingerprint density at radius 2 is 1.71 bits per heavy atom. The van der Waals surface area contributed by atoms with E-state index in [1.165, 1.54) is 24.3 Å². The van der Waals surface area contributed by atoms with Crippen molar-refractivity contribution in [3.8, 4) is 5.75 Å². The van der Waals surface area contributed by atoms with Gasteiger partial charge < -0.3 is 14.6 Å².